The van der Waals surface area contributed by atoms with Gasteiger partial charge in [-0.25, -0.2) is 4.98 Å². The molecule has 0 amide bonds. The summed E-state index contributed by atoms with van der Waals surface area (Å²) in [5.41, 5.74) is -0.905. The van der Waals surface area contributed by atoms with Crippen molar-refractivity contribution >= 4 is 12.4 Å². The molecule has 1 aliphatic carbocycles. The molecule has 0 aromatic carbocycles. The Morgan fingerprint density at radius 3 is 2.58 bits per heavy atom. The molecule has 0 bridgehead atoms. The zero-order valence-corrected chi connectivity index (χ0v) is 10.8. The predicted molar refractivity (Wildman–Crippen MR) is 65.3 cm³/mol. The van der Waals surface area contributed by atoms with Gasteiger partial charge in [0.25, 0.3) is 0 Å². The van der Waals surface area contributed by atoms with Crippen molar-refractivity contribution in [2.45, 2.75) is 6.18 Å². The quantitative estimate of drug-likeness (QED) is 0.929. The summed E-state index contributed by atoms with van der Waals surface area (Å²) in [5, 5.41) is 3.26. The first kappa shape index (κ1) is 14.4. The van der Waals surface area contributed by atoms with Gasteiger partial charge in [0, 0.05) is 12.0 Å². The molecule has 0 spiro atoms. The summed E-state index contributed by atoms with van der Waals surface area (Å²) < 4.78 is 42.7. The highest BCUT2D eigenvalue weighted by atomic mass is 35.5. The minimum Gasteiger partial charge on any atom is -0.477 e. The topological polar surface area (TPSA) is 34.1 Å². The second-order valence-corrected chi connectivity index (χ2v) is 4.82. The van der Waals surface area contributed by atoms with E-state index < -0.39 is 11.9 Å². The number of ether oxygens (including phenoxy) is 1. The highest BCUT2D eigenvalue weighted by Crippen LogP contribution is 2.48. The maximum atomic E-state index is 12.4. The largest absolute Gasteiger partial charge is 0.477 e. The molecule has 2 aliphatic rings. The van der Waals surface area contributed by atoms with Crippen LogP contribution in [-0.4, -0.2) is 24.7 Å². The van der Waals surface area contributed by atoms with Crippen molar-refractivity contribution in [3.05, 3.63) is 23.9 Å². The van der Waals surface area contributed by atoms with Crippen LogP contribution in [0.15, 0.2) is 18.2 Å². The van der Waals surface area contributed by atoms with E-state index in [9.17, 15) is 13.2 Å². The van der Waals surface area contributed by atoms with Crippen LogP contribution in [0, 0.1) is 17.8 Å². The van der Waals surface area contributed by atoms with Gasteiger partial charge in [-0.15, -0.1) is 12.4 Å². The van der Waals surface area contributed by atoms with Crippen molar-refractivity contribution in [1.82, 2.24) is 10.3 Å². The van der Waals surface area contributed by atoms with Gasteiger partial charge in [-0.1, -0.05) is 6.07 Å². The van der Waals surface area contributed by atoms with E-state index in [4.69, 9.17) is 4.74 Å². The van der Waals surface area contributed by atoms with Crippen LogP contribution in [0.3, 0.4) is 0 Å². The number of nitrogens with zero attached hydrogens (tertiary/aromatic N) is 1. The molecule has 0 radical (unpaired) electrons. The first-order valence-electron chi connectivity index (χ1n) is 5.93. The molecule has 3 nitrogen and oxygen atoms in total. The molecule has 1 N–H and O–H groups in total. The summed E-state index contributed by atoms with van der Waals surface area (Å²) in [6, 6.07) is 3.73. The van der Waals surface area contributed by atoms with Gasteiger partial charge in [0.15, 0.2) is 0 Å². The molecule has 1 saturated heterocycles. The van der Waals surface area contributed by atoms with E-state index in [0.717, 1.165) is 19.2 Å². The molecule has 0 unspecified atom stereocenters. The van der Waals surface area contributed by atoms with Crippen LogP contribution < -0.4 is 10.1 Å². The number of pyridine rings is 1. The Bertz CT molecular complexity index is 445. The molecule has 2 fully saturated rings. The summed E-state index contributed by atoms with van der Waals surface area (Å²) in [4.78, 5) is 3.47. The first-order chi connectivity index (χ1) is 8.55. The molecule has 2 heterocycles. The van der Waals surface area contributed by atoms with E-state index in [1.807, 2.05) is 0 Å². The lowest BCUT2D eigenvalue weighted by atomic mass is 10.3. The number of piperidine rings is 1. The van der Waals surface area contributed by atoms with Gasteiger partial charge in [-0.3, -0.25) is 0 Å². The Morgan fingerprint density at radius 2 is 1.95 bits per heavy atom. The second-order valence-electron chi connectivity index (χ2n) is 4.82. The number of hydrogen-bond acceptors (Lipinski definition) is 3. The predicted octanol–water partition coefficient (Wildman–Crippen LogP) is 2.37. The number of rotatable bonds is 3. The fraction of sp³-hybridized carbons (Fsp3) is 0.583. The second kappa shape index (κ2) is 5.17. The van der Waals surface area contributed by atoms with E-state index in [0.29, 0.717) is 24.4 Å². The maximum absolute atomic E-state index is 12.4. The average Bonchev–Trinajstić information content (AvgIpc) is 2.77. The standard InChI is InChI=1S/C12H13F3N2O.ClH/c13-12(14,15)10-2-1-3-11(17-10)18-6-9-7-4-16-5-8(7)9;/h1-3,7-9,16H,4-6H2;1H/t7-,8+,9+;. The Hall–Kier alpha value is -1.01. The lowest BCUT2D eigenvalue weighted by Crippen LogP contribution is -2.18. The highest BCUT2D eigenvalue weighted by Gasteiger charge is 2.53. The molecule has 3 atom stereocenters. The summed E-state index contributed by atoms with van der Waals surface area (Å²) in [5.74, 6) is 1.80. The fourth-order valence-corrected chi connectivity index (χ4v) is 2.63. The molecular weight excluding hydrogens is 281 g/mol. The smallest absolute Gasteiger partial charge is 0.433 e. The number of hydrogen-bond donors (Lipinski definition) is 1. The maximum Gasteiger partial charge on any atom is 0.433 e. The number of fused-ring (bicyclic) bond motifs is 1. The van der Waals surface area contributed by atoms with E-state index >= 15 is 0 Å². The van der Waals surface area contributed by atoms with Crippen LogP contribution in [0.25, 0.3) is 0 Å². The molecule has 1 aliphatic heterocycles. The van der Waals surface area contributed by atoms with Crippen LogP contribution in [0.2, 0.25) is 0 Å². The van der Waals surface area contributed by atoms with Crippen molar-refractivity contribution in [2.24, 2.45) is 17.8 Å². The van der Waals surface area contributed by atoms with E-state index in [1.165, 1.54) is 12.1 Å². The van der Waals surface area contributed by atoms with E-state index in [1.54, 1.807) is 0 Å². The first-order valence-corrected chi connectivity index (χ1v) is 5.93. The van der Waals surface area contributed by atoms with Gasteiger partial charge in [-0.2, -0.15) is 13.2 Å². The Balaban J connectivity index is 0.00000133. The van der Waals surface area contributed by atoms with Crippen molar-refractivity contribution in [2.75, 3.05) is 19.7 Å². The summed E-state index contributed by atoms with van der Waals surface area (Å²) in [7, 11) is 0. The molecule has 1 aromatic heterocycles. The Morgan fingerprint density at radius 1 is 1.26 bits per heavy atom. The van der Waals surface area contributed by atoms with Crippen LogP contribution >= 0.6 is 12.4 Å². The zero-order valence-electron chi connectivity index (χ0n) is 9.98. The van der Waals surface area contributed by atoms with Crippen molar-refractivity contribution in [3.63, 3.8) is 0 Å². The number of aromatic nitrogens is 1. The van der Waals surface area contributed by atoms with Gasteiger partial charge in [-0.05, 0) is 31.0 Å². The molecule has 1 aromatic rings. The van der Waals surface area contributed by atoms with Crippen LogP contribution in [0.4, 0.5) is 13.2 Å². The van der Waals surface area contributed by atoms with Crippen molar-refractivity contribution in [1.29, 1.82) is 0 Å². The average molecular weight is 295 g/mol. The minimum atomic E-state index is -4.42. The fourth-order valence-electron chi connectivity index (χ4n) is 2.63. The summed E-state index contributed by atoms with van der Waals surface area (Å²) >= 11 is 0. The molecule has 3 rings (SSSR count). The summed E-state index contributed by atoms with van der Waals surface area (Å²) in [6.45, 7) is 2.45. The zero-order chi connectivity index (χ0) is 12.8. The van der Waals surface area contributed by atoms with Gasteiger partial charge in [0.2, 0.25) is 5.88 Å². The third-order valence-electron chi connectivity index (χ3n) is 3.71. The third-order valence-corrected chi connectivity index (χ3v) is 3.71. The highest BCUT2D eigenvalue weighted by molar-refractivity contribution is 5.85. The van der Waals surface area contributed by atoms with Crippen molar-refractivity contribution in [3.8, 4) is 5.88 Å². The monoisotopic (exact) mass is 294 g/mol. The number of alkyl halides is 3. The lowest BCUT2D eigenvalue weighted by Gasteiger charge is -2.10. The summed E-state index contributed by atoms with van der Waals surface area (Å²) in [6.07, 6.45) is -4.42. The van der Waals surface area contributed by atoms with Crippen LogP contribution in [0.5, 0.6) is 5.88 Å². The van der Waals surface area contributed by atoms with Crippen LogP contribution in [-0.2, 0) is 6.18 Å². The molecule has 19 heavy (non-hydrogen) atoms. The van der Waals surface area contributed by atoms with Gasteiger partial charge in [0.1, 0.15) is 5.69 Å². The number of nitrogens with one attached hydrogen (secondary N) is 1. The van der Waals surface area contributed by atoms with E-state index in [2.05, 4.69) is 10.3 Å². The number of halogens is 4. The van der Waals surface area contributed by atoms with Gasteiger partial charge < -0.3 is 10.1 Å². The molecule has 106 valence electrons. The molecular formula is C12H14ClF3N2O. The SMILES string of the molecule is Cl.FC(F)(F)c1cccc(OC[C@H]2[C@@H]3CNC[C@@H]32)n1. The lowest BCUT2D eigenvalue weighted by molar-refractivity contribution is -0.141. The van der Waals surface area contributed by atoms with Gasteiger partial charge >= 0.3 is 6.18 Å². The third kappa shape index (κ3) is 2.95. The minimum absolute atomic E-state index is 0. The van der Waals surface area contributed by atoms with Gasteiger partial charge in [0.05, 0.1) is 6.61 Å². The van der Waals surface area contributed by atoms with E-state index in [-0.39, 0.29) is 18.3 Å². The van der Waals surface area contributed by atoms with Crippen LogP contribution in [0.1, 0.15) is 5.69 Å². The Labute approximate surface area is 115 Å². The van der Waals surface area contributed by atoms with Crippen molar-refractivity contribution < 1.29 is 17.9 Å². The Kier molecular flexibility index (Phi) is 3.92. The normalized spacial score (nSPS) is 28.5. The molecule has 1 saturated carbocycles. The molecule has 7 heteroatoms.